The van der Waals surface area contributed by atoms with Crippen LogP contribution in [-0.4, -0.2) is 74.8 Å². The Bertz CT molecular complexity index is 519. The van der Waals surface area contributed by atoms with E-state index in [9.17, 15) is 14.4 Å². The molecule has 7 nitrogen and oxygen atoms in total. The van der Waals surface area contributed by atoms with Crippen LogP contribution in [0, 0.1) is 17.8 Å². The molecule has 0 spiro atoms. The molecule has 3 amide bonds. The summed E-state index contributed by atoms with van der Waals surface area (Å²) in [6.07, 6.45) is 6.01. The number of carbonyl (C=O) groups is 3. The van der Waals surface area contributed by atoms with Gasteiger partial charge in [0.1, 0.15) is 5.78 Å². The minimum absolute atomic E-state index is 0.100. The van der Waals surface area contributed by atoms with Crippen molar-refractivity contribution in [2.75, 3.05) is 47.3 Å². The molecule has 2 atom stereocenters. The smallest absolute Gasteiger partial charge is 0.324 e. The molecule has 27 heavy (non-hydrogen) atoms. The van der Waals surface area contributed by atoms with Crippen LogP contribution < -0.4 is 10.6 Å². The van der Waals surface area contributed by atoms with E-state index in [1.54, 1.807) is 0 Å². The third-order valence-corrected chi connectivity index (χ3v) is 5.49. The number of hydrogen-bond acceptors (Lipinski definition) is 5. The summed E-state index contributed by atoms with van der Waals surface area (Å²) in [4.78, 5) is 41.1. The first-order chi connectivity index (χ1) is 12.9. The fraction of sp³-hybridized carbons (Fsp3) is 0.850. The van der Waals surface area contributed by atoms with Crippen molar-refractivity contribution in [1.82, 2.24) is 20.4 Å². The van der Waals surface area contributed by atoms with E-state index in [-0.39, 0.29) is 23.8 Å². The number of amides is 3. The number of carbonyl (C=O) groups excluding carboxylic acids is 3. The van der Waals surface area contributed by atoms with E-state index in [1.165, 1.54) is 4.90 Å². The topological polar surface area (TPSA) is 81.8 Å². The van der Waals surface area contributed by atoms with Crippen LogP contribution in [0.2, 0.25) is 0 Å². The first kappa shape index (κ1) is 21.8. The third-order valence-electron chi connectivity index (χ3n) is 5.49. The Labute approximate surface area is 163 Å². The molecule has 154 valence electrons. The lowest BCUT2D eigenvalue weighted by Gasteiger charge is -2.29. The zero-order valence-corrected chi connectivity index (χ0v) is 17.1. The van der Waals surface area contributed by atoms with Gasteiger partial charge in [-0.05, 0) is 65.1 Å². The van der Waals surface area contributed by atoms with Gasteiger partial charge in [0.2, 0.25) is 5.91 Å². The highest BCUT2D eigenvalue weighted by molar-refractivity contribution is 5.95. The Kier molecular flexibility index (Phi) is 8.70. The molecule has 0 aliphatic heterocycles. The van der Waals surface area contributed by atoms with Crippen LogP contribution in [0.3, 0.4) is 0 Å². The second-order valence-electron chi connectivity index (χ2n) is 8.42. The zero-order valence-electron chi connectivity index (χ0n) is 17.1. The molecule has 0 saturated heterocycles. The molecule has 0 unspecified atom stereocenters. The number of likely N-dealkylation sites (N-methyl/N-ethyl adjacent to an activating group) is 1. The van der Waals surface area contributed by atoms with Gasteiger partial charge in [0, 0.05) is 39.0 Å². The van der Waals surface area contributed by atoms with Crippen molar-refractivity contribution in [2.45, 2.75) is 44.9 Å². The number of nitrogens with one attached hydrogen (secondary N) is 2. The number of nitrogens with zero attached hydrogens (tertiary/aromatic N) is 2. The van der Waals surface area contributed by atoms with Crippen LogP contribution in [0.5, 0.6) is 0 Å². The number of imide groups is 1. The quantitative estimate of drug-likeness (QED) is 0.600. The van der Waals surface area contributed by atoms with Crippen LogP contribution in [0.25, 0.3) is 0 Å². The van der Waals surface area contributed by atoms with Gasteiger partial charge in [-0.2, -0.15) is 0 Å². The van der Waals surface area contributed by atoms with E-state index in [2.05, 4.69) is 10.6 Å². The first-order valence-corrected chi connectivity index (χ1v) is 10.3. The number of rotatable bonds is 10. The van der Waals surface area contributed by atoms with Gasteiger partial charge in [-0.3, -0.25) is 14.5 Å². The molecule has 2 N–H and O–H groups in total. The van der Waals surface area contributed by atoms with Gasteiger partial charge in [0.15, 0.2) is 0 Å². The molecule has 2 fully saturated rings. The third kappa shape index (κ3) is 7.58. The van der Waals surface area contributed by atoms with Crippen LogP contribution in [0.15, 0.2) is 0 Å². The first-order valence-electron chi connectivity index (χ1n) is 10.3. The fourth-order valence-electron chi connectivity index (χ4n) is 3.77. The van der Waals surface area contributed by atoms with Crippen LogP contribution in [0.4, 0.5) is 4.79 Å². The second kappa shape index (κ2) is 10.8. The summed E-state index contributed by atoms with van der Waals surface area (Å²) in [5.74, 6) is 0.646. The van der Waals surface area contributed by atoms with Gasteiger partial charge in [-0.25, -0.2) is 4.79 Å². The minimum Gasteiger partial charge on any atom is -0.336 e. The number of urea groups is 1. The van der Waals surface area contributed by atoms with Crippen molar-refractivity contribution in [1.29, 1.82) is 0 Å². The molecule has 0 aromatic heterocycles. The van der Waals surface area contributed by atoms with E-state index in [0.29, 0.717) is 50.6 Å². The summed E-state index contributed by atoms with van der Waals surface area (Å²) >= 11 is 0. The Morgan fingerprint density at radius 3 is 2.52 bits per heavy atom. The van der Waals surface area contributed by atoms with Gasteiger partial charge in [0.25, 0.3) is 0 Å². The van der Waals surface area contributed by atoms with E-state index >= 15 is 0 Å². The maximum atomic E-state index is 13.2. The van der Waals surface area contributed by atoms with E-state index in [1.807, 2.05) is 26.0 Å². The SMILES string of the molecule is CNC[C@@H](C[C@H]1CCCC(=O)C1)C(=O)N(CC1CC1)C(=O)NCCN(C)C. The molecular weight excluding hydrogens is 344 g/mol. The average molecular weight is 381 g/mol. The molecule has 2 rings (SSSR count). The Balaban J connectivity index is 1.99. The number of ketones is 1. The molecule has 2 aliphatic carbocycles. The maximum absolute atomic E-state index is 13.2. The molecular formula is C20H36N4O3. The highest BCUT2D eigenvalue weighted by Gasteiger charge is 2.35. The Morgan fingerprint density at radius 1 is 1.19 bits per heavy atom. The molecule has 2 saturated carbocycles. The summed E-state index contributed by atoms with van der Waals surface area (Å²) < 4.78 is 0. The molecule has 0 aromatic rings. The second-order valence-corrected chi connectivity index (χ2v) is 8.42. The molecule has 0 bridgehead atoms. The summed E-state index contributed by atoms with van der Waals surface area (Å²) in [7, 11) is 5.73. The van der Waals surface area contributed by atoms with Gasteiger partial charge in [-0.1, -0.05) is 0 Å². The van der Waals surface area contributed by atoms with E-state index in [0.717, 1.165) is 32.2 Å². The summed E-state index contributed by atoms with van der Waals surface area (Å²) in [5, 5.41) is 5.99. The van der Waals surface area contributed by atoms with Crippen LogP contribution >= 0.6 is 0 Å². The van der Waals surface area contributed by atoms with E-state index in [4.69, 9.17) is 0 Å². The highest BCUT2D eigenvalue weighted by Crippen LogP contribution is 2.32. The maximum Gasteiger partial charge on any atom is 0.324 e. The standard InChI is InChI=1S/C20H36N4O3/c1-21-13-17(11-16-5-4-6-18(25)12-16)19(26)24(14-15-7-8-15)20(27)22-9-10-23(2)3/h15-17,21H,4-14H2,1-3H3,(H,22,27)/t16-,17-/m1/s1. The van der Waals surface area contributed by atoms with Crippen molar-refractivity contribution in [3.05, 3.63) is 0 Å². The van der Waals surface area contributed by atoms with Crippen molar-refractivity contribution in [3.8, 4) is 0 Å². The Morgan fingerprint density at radius 2 is 1.93 bits per heavy atom. The molecule has 2 aliphatic rings. The lowest BCUT2D eigenvalue weighted by atomic mass is 9.81. The summed E-state index contributed by atoms with van der Waals surface area (Å²) in [6.45, 7) is 2.31. The van der Waals surface area contributed by atoms with Gasteiger partial charge in [-0.15, -0.1) is 0 Å². The Hall–Kier alpha value is -1.47. The predicted octanol–water partition coefficient (Wildman–Crippen LogP) is 1.48. The average Bonchev–Trinajstić information content (AvgIpc) is 3.42. The van der Waals surface area contributed by atoms with Crippen molar-refractivity contribution >= 4 is 17.7 Å². The van der Waals surface area contributed by atoms with E-state index < -0.39 is 0 Å². The zero-order chi connectivity index (χ0) is 19.8. The highest BCUT2D eigenvalue weighted by atomic mass is 16.2. The van der Waals surface area contributed by atoms with Gasteiger partial charge < -0.3 is 15.5 Å². The molecule has 7 heteroatoms. The molecule has 0 heterocycles. The largest absolute Gasteiger partial charge is 0.336 e. The number of Topliss-reactive ketones (excluding diaryl/α,β-unsaturated/α-hetero) is 1. The van der Waals surface area contributed by atoms with Gasteiger partial charge >= 0.3 is 6.03 Å². The summed E-state index contributed by atoms with van der Waals surface area (Å²) in [5.41, 5.74) is 0. The van der Waals surface area contributed by atoms with Crippen molar-refractivity contribution in [2.24, 2.45) is 17.8 Å². The number of hydrogen-bond donors (Lipinski definition) is 2. The predicted molar refractivity (Wildman–Crippen MR) is 105 cm³/mol. The fourth-order valence-corrected chi connectivity index (χ4v) is 3.77. The van der Waals surface area contributed by atoms with Crippen molar-refractivity contribution in [3.63, 3.8) is 0 Å². The summed E-state index contributed by atoms with van der Waals surface area (Å²) in [6, 6.07) is -0.283. The molecule has 0 aromatic carbocycles. The normalized spacial score (nSPS) is 21.2. The molecule has 0 radical (unpaired) electrons. The minimum atomic E-state index is -0.283. The van der Waals surface area contributed by atoms with Crippen LogP contribution in [0.1, 0.15) is 44.9 Å². The monoisotopic (exact) mass is 380 g/mol. The van der Waals surface area contributed by atoms with Crippen molar-refractivity contribution < 1.29 is 14.4 Å². The van der Waals surface area contributed by atoms with Gasteiger partial charge in [0.05, 0.1) is 5.92 Å². The van der Waals surface area contributed by atoms with Crippen LogP contribution in [-0.2, 0) is 9.59 Å². The lowest BCUT2D eigenvalue weighted by Crippen LogP contribution is -2.50. The lowest BCUT2D eigenvalue weighted by molar-refractivity contribution is -0.134.